The van der Waals surface area contributed by atoms with Crippen LogP contribution in [0.15, 0.2) is 0 Å². The number of rotatable bonds is 5. The number of carboxylic acids is 1. The predicted octanol–water partition coefficient (Wildman–Crippen LogP) is 0.806. The molecule has 0 aromatic carbocycles. The quantitative estimate of drug-likeness (QED) is 0.617. The van der Waals surface area contributed by atoms with Gasteiger partial charge in [0.25, 0.3) is 0 Å². The maximum absolute atomic E-state index is 11.0. The third kappa shape index (κ3) is 2.90. The van der Waals surface area contributed by atoms with Gasteiger partial charge in [-0.15, -0.1) is 0 Å². The fourth-order valence-corrected chi connectivity index (χ4v) is 1.22. The molecule has 0 saturated carbocycles. The summed E-state index contributed by atoms with van der Waals surface area (Å²) in [5.74, 6) is -0.862. The molecule has 0 fully saturated rings. The molecule has 2 amide bonds. The second kappa shape index (κ2) is 5.47. The van der Waals surface area contributed by atoms with E-state index >= 15 is 0 Å². The fourth-order valence-electron chi connectivity index (χ4n) is 1.22. The summed E-state index contributed by atoms with van der Waals surface area (Å²) in [4.78, 5) is 21.9. The molecule has 0 aliphatic rings. The van der Waals surface area contributed by atoms with Gasteiger partial charge in [0.05, 0.1) is 5.41 Å². The molecule has 0 atom stereocenters. The number of aliphatic carboxylic acids is 1. The molecule has 0 aliphatic heterocycles. The van der Waals surface area contributed by atoms with Gasteiger partial charge in [-0.2, -0.15) is 0 Å². The average molecular weight is 202 g/mol. The summed E-state index contributed by atoms with van der Waals surface area (Å²) < 4.78 is 0. The van der Waals surface area contributed by atoms with Gasteiger partial charge >= 0.3 is 12.0 Å². The number of carboxylic acid groups (broad SMARTS) is 1. The summed E-state index contributed by atoms with van der Waals surface area (Å²) >= 11 is 0. The minimum atomic E-state index is -0.862. The minimum Gasteiger partial charge on any atom is -0.481 e. The zero-order valence-electron chi connectivity index (χ0n) is 8.89. The van der Waals surface area contributed by atoms with Crippen molar-refractivity contribution >= 4 is 12.0 Å². The standard InChI is InChI=1S/C9H18N2O3/c1-4-9(5-2,7(12)13)6-11-8(14)10-3/h4-6H2,1-3H3,(H,12,13)(H2,10,11,14). The molecule has 0 heterocycles. The van der Waals surface area contributed by atoms with Crippen molar-refractivity contribution in [3.63, 3.8) is 0 Å². The smallest absolute Gasteiger partial charge is 0.314 e. The maximum atomic E-state index is 11.0. The monoisotopic (exact) mass is 202 g/mol. The van der Waals surface area contributed by atoms with Crippen molar-refractivity contribution < 1.29 is 14.7 Å². The van der Waals surface area contributed by atoms with E-state index in [1.54, 1.807) is 0 Å². The van der Waals surface area contributed by atoms with E-state index in [1.165, 1.54) is 7.05 Å². The predicted molar refractivity (Wildman–Crippen MR) is 53.1 cm³/mol. The number of nitrogens with one attached hydrogen (secondary N) is 2. The third-order valence-corrected chi connectivity index (χ3v) is 2.62. The first-order chi connectivity index (χ1) is 6.52. The Bertz CT molecular complexity index is 212. The molecule has 0 aliphatic carbocycles. The molecule has 0 unspecified atom stereocenters. The first-order valence-electron chi connectivity index (χ1n) is 4.71. The second-order valence-corrected chi connectivity index (χ2v) is 3.23. The van der Waals surface area contributed by atoms with E-state index in [0.717, 1.165) is 0 Å². The largest absolute Gasteiger partial charge is 0.481 e. The number of urea groups is 1. The van der Waals surface area contributed by atoms with Gasteiger partial charge in [0.2, 0.25) is 0 Å². The van der Waals surface area contributed by atoms with Gasteiger partial charge in [-0.1, -0.05) is 13.8 Å². The Labute approximate surface area is 83.9 Å². The summed E-state index contributed by atoms with van der Waals surface area (Å²) in [5, 5.41) is 13.9. The molecule has 3 N–H and O–H groups in total. The first kappa shape index (κ1) is 12.7. The van der Waals surface area contributed by atoms with Crippen molar-refractivity contribution in [3.05, 3.63) is 0 Å². The Morgan fingerprint density at radius 2 is 1.79 bits per heavy atom. The summed E-state index contributed by atoms with van der Waals surface area (Å²) in [6.07, 6.45) is 1.01. The highest BCUT2D eigenvalue weighted by Crippen LogP contribution is 2.25. The van der Waals surface area contributed by atoms with Crippen LogP contribution < -0.4 is 10.6 Å². The molecule has 82 valence electrons. The van der Waals surface area contributed by atoms with Gasteiger partial charge < -0.3 is 15.7 Å². The van der Waals surface area contributed by atoms with Gasteiger partial charge in [0.15, 0.2) is 0 Å². The topological polar surface area (TPSA) is 78.4 Å². The van der Waals surface area contributed by atoms with E-state index in [1.807, 2.05) is 13.8 Å². The molecule has 0 rings (SSSR count). The van der Waals surface area contributed by atoms with E-state index in [-0.39, 0.29) is 12.6 Å². The van der Waals surface area contributed by atoms with E-state index in [4.69, 9.17) is 5.11 Å². The van der Waals surface area contributed by atoms with Crippen molar-refractivity contribution in [2.45, 2.75) is 26.7 Å². The maximum Gasteiger partial charge on any atom is 0.314 e. The van der Waals surface area contributed by atoms with Crippen LogP contribution in [0.25, 0.3) is 0 Å². The number of hydrogen-bond acceptors (Lipinski definition) is 2. The molecule has 0 bridgehead atoms. The van der Waals surface area contributed by atoms with Crippen LogP contribution in [0.4, 0.5) is 4.79 Å². The average Bonchev–Trinajstić information content (AvgIpc) is 2.19. The molecule has 5 nitrogen and oxygen atoms in total. The molecule has 0 aromatic rings. The highest BCUT2D eigenvalue weighted by Gasteiger charge is 2.34. The number of amides is 2. The Morgan fingerprint density at radius 3 is 2.07 bits per heavy atom. The lowest BCUT2D eigenvalue weighted by atomic mass is 9.82. The zero-order chi connectivity index (χ0) is 11.2. The van der Waals surface area contributed by atoms with Crippen LogP contribution in [0.3, 0.4) is 0 Å². The molecular weight excluding hydrogens is 184 g/mol. The summed E-state index contributed by atoms with van der Waals surface area (Å²) in [5.41, 5.74) is -0.841. The van der Waals surface area contributed by atoms with Gasteiger partial charge in [-0.3, -0.25) is 4.79 Å². The Morgan fingerprint density at radius 1 is 1.29 bits per heavy atom. The lowest BCUT2D eigenvalue weighted by molar-refractivity contribution is -0.149. The molecule has 0 aromatic heterocycles. The van der Waals surface area contributed by atoms with Crippen LogP contribution in [0.2, 0.25) is 0 Å². The van der Waals surface area contributed by atoms with Crippen LogP contribution in [-0.2, 0) is 4.79 Å². The lowest BCUT2D eigenvalue weighted by Crippen LogP contribution is -2.45. The number of carbonyl (C=O) groups excluding carboxylic acids is 1. The molecule has 0 saturated heterocycles. The van der Waals surface area contributed by atoms with E-state index in [2.05, 4.69) is 10.6 Å². The van der Waals surface area contributed by atoms with Gasteiger partial charge in [0, 0.05) is 13.6 Å². The van der Waals surface area contributed by atoms with Crippen LogP contribution in [0.5, 0.6) is 0 Å². The van der Waals surface area contributed by atoms with E-state index in [9.17, 15) is 9.59 Å². The molecule has 14 heavy (non-hydrogen) atoms. The van der Waals surface area contributed by atoms with Crippen LogP contribution >= 0.6 is 0 Å². The molecule has 0 spiro atoms. The van der Waals surface area contributed by atoms with Crippen molar-refractivity contribution in [2.75, 3.05) is 13.6 Å². The van der Waals surface area contributed by atoms with Crippen molar-refractivity contribution in [2.24, 2.45) is 5.41 Å². The van der Waals surface area contributed by atoms with Gasteiger partial charge in [-0.25, -0.2) is 4.79 Å². The van der Waals surface area contributed by atoms with Crippen molar-refractivity contribution in [1.82, 2.24) is 10.6 Å². The van der Waals surface area contributed by atoms with Crippen LogP contribution in [0, 0.1) is 5.41 Å². The molecule has 0 radical (unpaired) electrons. The third-order valence-electron chi connectivity index (χ3n) is 2.62. The summed E-state index contributed by atoms with van der Waals surface area (Å²) in [7, 11) is 1.50. The van der Waals surface area contributed by atoms with Crippen LogP contribution in [0.1, 0.15) is 26.7 Å². The SMILES string of the molecule is CCC(CC)(CNC(=O)NC)C(=O)O. The number of carbonyl (C=O) groups is 2. The molecule has 5 heteroatoms. The minimum absolute atomic E-state index is 0.162. The number of hydrogen-bond donors (Lipinski definition) is 3. The Hall–Kier alpha value is -1.26. The lowest BCUT2D eigenvalue weighted by Gasteiger charge is -2.26. The van der Waals surface area contributed by atoms with E-state index < -0.39 is 11.4 Å². The van der Waals surface area contributed by atoms with Crippen molar-refractivity contribution in [1.29, 1.82) is 0 Å². The zero-order valence-corrected chi connectivity index (χ0v) is 8.89. The first-order valence-corrected chi connectivity index (χ1v) is 4.71. The van der Waals surface area contributed by atoms with Crippen LogP contribution in [-0.4, -0.2) is 30.7 Å². The normalized spacial score (nSPS) is 10.8. The molecular formula is C9H18N2O3. The van der Waals surface area contributed by atoms with Crippen molar-refractivity contribution in [3.8, 4) is 0 Å². The Kier molecular flexibility index (Phi) is 4.97. The summed E-state index contributed by atoms with van der Waals surface area (Å²) in [6, 6.07) is -0.350. The fraction of sp³-hybridized carbons (Fsp3) is 0.778. The van der Waals surface area contributed by atoms with Gasteiger partial charge in [0.1, 0.15) is 0 Å². The summed E-state index contributed by atoms with van der Waals surface area (Å²) in [6.45, 7) is 3.78. The van der Waals surface area contributed by atoms with Gasteiger partial charge in [-0.05, 0) is 12.8 Å². The highest BCUT2D eigenvalue weighted by molar-refractivity contribution is 5.77. The Balaban J connectivity index is 4.37. The van der Waals surface area contributed by atoms with E-state index in [0.29, 0.717) is 12.8 Å². The second-order valence-electron chi connectivity index (χ2n) is 3.23. The highest BCUT2D eigenvalue weighted by atomic mass is 16.4.